The first-order valence-corrected chi connectivity index (χ1v) is 12.9. The summed E-state index contributed by atoms with van der Waals surface area (Å²) in [7, 11) is 4.46. The molecule has 4 rings (SSSR count). The number of nitrogens with zero attached hydrogens (tertiary/aromatic N) is 4. The molecule has 0 bridgehead atoms. The lowest BCUT2D eigenvalue weighted by molar-refractivity contribution is -0.118. The van der Waals surface area contributed by atoms with Crippen molar-refractivity contribution in [1.29, 1.82) is 10.5 Å². The van der Waals surface area contributed by atoms with Gasteiger partial charge in [0.1, 0.15) is 28.5 Å². The number of ether oxygens (including phenoxy) is 3. The van der Waals surface area contributed by atoms with Gasteiger partial charge in [0.15, 0.2) is 11.5 Å². The highest BCUT2D eigenvalue weighted by atomic mass is 32.2. The molecule has 1 aliphatic rings. The van der Waals surface area contributed by atoms with E-state index >= 15 is 0 Å². The number of para-hydroxylation sites is 1. The van der Waals surface area contributed by atoms with Crippen LogP contribution >= 0.6 is 11.8 Å². The van der Waals surface area contributed by atoms with Crippen molar-refractivity contribution in [3.05, 3.63) is 53.1 Å². The number of aromatic nitrogens is 1. The van der Waals surface area contributed by atoms with Gasteiger partial charge in [-0.25, -0.2) is 4.98 Å². The summed E-state index contributed by atoms with van der Waals surface area (Å²) in [6.45, 7) is 0.678. The van der Waals surface area contributed by atoms with Crippen LogP contribution in [0.15, 0.2) is 41.4 Å². The van der Waals surface area contributed by atoms with Gasteiger partial charge in [0.05, 0.1) is 26.9 Å². The summed E-state index contributed by atoms with van der Waals surface area (Å²) in [6, 6.07) is 15.5. The fraction of sp³-hybridized carbons (Fsp3) is 0.286. The Hall–Kier alpha value is -4.41. The molecule has 194 valence electrons. The lowest BCUT2D eigenvalue weighted by Crippen LogP contribution is -2.35. The molecule has 1 aromatic heterocycles. The number of amides is 1. The quantitative estimate of drug-likeness (QED) is 0.417. The van der Waals surface area contributed by atoms with E-state index in [1.807, 2.05) is 23.1 Å². The van der Waals surface area contributed by atoms with Crippen LogP contribution in [0.3, 0.4) is 0 Å². The van der Waals surface area contributed by atoms with Crippen LogP contribution in [-0.4, -0.2) is 44.5 Å². The number of benzene rings is 2. The number of nitrogens with two attached hydrogens (primary N) is 1. The molecule has 38 heavy (non-hydrogen) atoms. The smallest absolute Gasteiger partial charge is 0.227 e. The molecule has 2 N–H and O–H groups in total. The molecule has 3 aromatic rings. The van der Waals surface area contributed by atoms with E-state index in [1.165, 1.54) is 38.7 Å². The van der Waals surface area contributed by atoms with E-state index in [1.54, 1.807) is 12.1 Å². The number of aryl methyl sites for hydroxylation is 1. The predicted octanol–water partition coefficient (Wildman–Crippen LogP) is 4.56. The van der Waals surface area contributed by atoms with Crippen LogP contribution in [0.1, 0.15) is 29.5 Å². The van der Waals surface area contributed by atoms with E-state index in [9.17, 15) is 15.3 Å². The summed E-state index contributed by atoms with van der Waals surface area (Å²) in [6.07, 6.45) is 2.13. The monoisotopic (exact) mass is 529 g/mol. The molecule has 0 radical (unpaired) electrons. The zero-order valence-corrected chi connectivity index (χ0v) is 22.2. The molecule has 9 nitrogen and oxygen atoms in total. The van der Waals surface area contributed by atoms with Crippen LogP contribution in [0.4, 0.5) is 11.5 Å². The lowest BCUT2D eigenvalue weighted by atomic mass is 9.96. The molecule has 10 heteroatoms. The number of hydrogen-bond acceptors (Lipinski definition) is 9. The standard InChI is InChI=1S/C28H27N5O4S/c1-35-22-13-18(14-23(36-2)26(22)37-3)25-19(15-29)27(31)32-28(20(25)16-30)38-12-10-24(34)33-11-6-8-17-7-4-5-9-21(17)33/h4-5,7,9,13-14H,6,8,10-12H2,1-3H3,(H2,31,32). The minimum Gasteiger partial charge on any atom is -0.493 e. The van der Waals surface area contributed by atoms with E-state index in [0.717, 1.165) is 18.5 Å². The van der Waals surface area contributed by atoms with Gasteiger partial charge in [-0.15, -0.1) is 11.8 Å². The average Bonchev–Trinajstić information content (AvgIpc) is 2.95. The van der Waals surface area contributed by atoms with Gasteiger partial charge in [-0.2, -0.15) is 10.5 Å². The lowest BCUT2D eigenvalue weighted by Gasteiger charge is -2.29. The molecule has 0 fully saturated rings. The molecule has 0 unspecified atom stereocenters. The maximum atomic E-state index is 13.1. The maximum absolute atomic E-state index is 13.1. The van der Waals surface area contributed by atoms with Gasteiger partial charge in [-0.05, 0) is 42.2 Å². The summed E-state index contributed by atoms with van der Waals surface area (Å²) in [5.41, 5.74) is 9.37. The fourth-order valence-electron chi connectivity index (χ4n) is 4.58. The van der Waals surface area contributed by atoms with Gasteiger partial charge in [-0.3, -0.25) is 4.79 Å². The molecule has 2 aromatic carbocycles. The van der Waals surface area contributed by atoms with Crippen LogP contribution in [0.2, 0.25) is 0 Å². The van der Waals surface area contributed by atoms with Crippen molar-refractivity contribution in [2.75, 3.05) is 44.3 Å². The molecular formula is C28H27N5O4S. The Kier molecular flexibility index (Phi) is 8.25. The Labute approximate surface area is 225 Å². The van der Waals surface area contributed by atoms with Gasteiger partial charge < -0.3 is 24.8 Å². The van der Waals surface area contributed by atoms with E-state index in [2.05, 4.69) is 23.2 Å². The number of hydrogen-bond donors (Lipinski definition) is 1. The molecule has 0 saturated carbocycles. The van der Waals surface area contributed by atoms with E-state index < -0.39 is 0 Å². The summed E-state index contributed by atoms with van der Waals surface area (Å²) in [5, 5.41) is 20.4. The second-order valence-electron chi connectivity index (χ2n) is 8.44. The van der Waals surface area contributed by atoms with E-state index in [-0.39, 0.29) is 29.3 Å². The third-order valence-electron chi connectivity index (χ3n) is 6.34. The second kappa shape index (κ2) is 11.8. The van der Waals surface area contributed by atoms with Crippen molar-refractivity contribution < 1.29 is 19.0 Å². The third kappa shape index (κ3) is 5.04. The van der Waals surface area contributed by atoms with E-state index in [4.69, 9.17) is 19.9 Å². The molecule has 1 aliphatic heterocycles. The zero-order chi connectivity index (χ0) is 27.2. The third-order valence-corrected chi connectivity index (χ3v) is 7.31. The first-order valence-electron chi connectivity index (χ1n) is 11.9. The van der Waals surface area contributed by atoms with Gasteiger partial charge in [0.2, 0.25) is 11.7 Å². The zero-order valence-electron chi connectivity index (χ0n) is 21.4. The minimum absolute atomic E-state index is 0.00552. The van der Waals surface area contributed by atoms with Gasteiger partial charge >= 0.3 is 0 Å². The number of carbonyl (C=O) groups excluding carboxylic acids is 1. The van der Waals surface area contributed by atoms with Crippen molar-refractivity contribution in [3.63, 3.8) is 0 Å². The van der Waals surface area contributed by atoms with Crippen LogP contribution < -0.4 is 24.8 Å². The van der Waals surface area contributed by atoms with Gasteiger partial charge in [0.25, 0.3) is 0 Å². The number of pyridine rings is 1. The van der Waals surface area contributed by atoms with Crippen molar-refractivity contribution in [3.8, 4) is 40.5 Å². The maximum Gasteiger partial charge on any atom is 0.227 e. The predicted molar refractivity (Wildman–Crippen MR) is 146 cm³/mol. The normalized spacial score (nSPS) is 12.2. The van der Waals surface area contributed by atoms with Crippen molar-refractivity contribution >= 4 is 29.2 Å². The Morgan fingerprint density at radius 1 is 1.08 bits per heavy atom. The Bertz CT molecular complexity index is 1440. The van der Waals surface area contributed by atoms with Gasteiger partial charge in [-0.1, -0.05) is 18.2 Å². The number of rotatable bonds is 8. The summed E-state index contributed by atoms with van der Waals surface area (Å²) >= 11 is 1.26. The summed E-state index contributed by atoms with van der Waals surface area (Å²) in [4.78, 5) is 19.3. The number of nitrogen functional groups attached to an aromatic ring is 1. The average molecular weight is 530 g/mol. The van der Waals surface area contributed by atoms with Gasteiger partial charge in [0, 0.05) is 30.0 Å². The minimum atomic E-state index is -0.00552. The van der Waals surface area contributed by atoms with Crippen LogP contribution in [0, 0.1) is 22.7 Å². The first-order chi connectivity index (χ1) is 18.5. The topological polar surface area (TPSA) is 134 Å². The molecule has 1 amide bonds. The SMILES string of the molecule is COc1cc(-c2c(C#N)c(N)nc(SCCC(=O)N3CCCc4ccccc43)c2C#N)cc(OC)c1OC. The summed E-state index contributed by atoms with van der Waals surface area (Å²) < 4.78 is 16.3. The second-order valence-corrected chi connectivity index (χ2v) is 9.52. The van der Waals surface area contributed by atoms with Crippen molar-refractivity contribution in [2.24, 2.45) is 0 Å². The molecule has 2 heterocycles. The van der Waals surface area contributed by atoms with E-state index in [0.29, 0.717) is 45.7 Å². The van der Waals surface area contributed by atoms with Crippen molar-refractivity contribution in [2.45, 2.75) is 24.3 Å². The van der Waals surface area contributed by atoms with Crippen LogP contribution in [-0.2, 0) is 11.2 Å². The molecule has 0 spiro atoms. The molecular weight excluding hydrogens is 502 g/mol. The Morgan fingerprint density at radius 3 is 2.39 bits per heavy atom. The number of anilines is 2. The highest BCUT2D eigenvalue weighted by molar-refractivity contribution is 7.99. The summed E-state index contributed by atoms with van der Waals surface area (Å²) in [5.74, 6) is 1.51. The number of nitriles is 2. The number of fused-ring (bicyclic) bond motifs is 1. The van der Waals surface area contributed by atoms with Crippen molar-refractivity contribution in [1.82, 2.24) is 4.98 Å². The largest absolute Gasteiger partial charge is 0.493 e. The van der Waals surface area contributed by atoms with Crippen LogP contribution in [0.5, 0.6) is 17.2 Å². The molecule has 0 aliphatic carbocycles. The Morgan fingerprint density at radius 2 is 1.76 bits per heavy atom. The number of carbonyl (C=O) groups is 1. The highest BCUT2D eigenvalue weighted by Crippen LogP contribution is 2.44. The van der Waals surface area contributed by atoms with Crippen LogP contribution in [0.25, 0.3) is 11.1 Å². The first kappa shape index (κ1) is 26.6. The fourth-order valence-corrected chi connectivity index (χ4v) is 5.50. The molecule has 0 atom stereocenters. The Balaban J connectivity index is 1.66. The molecule has 0 saturated heterocycles. The highest BCUT2D eigenvalue weighted by Gasteiger charge is 2.25. The number of thioether (sulfide) groups is 1. The number of methoxy groups -OCH3 is 3.